The van der Waals surface area contributed by atoms with Gasteiger partial charge in [-0.25, -0.2) is 17.5 Å². The fourth-order valence-corrected chi connectivity index (χ4v) is 5.13. The Labute approximate surface area is 148 Å². The topological polar surface area (TPSA) is 46.2 Å². The van der Waals surface area contributed by atoms with Gasteiger partial charge < -0.3 is 0 Å². The van der Waals surface area contributed by atoms with Crippen LogP contribution in [-0.4, -0.2) is 15.0 Å². The van der Waals surface area contributed by atoms with E-state index in [0.717, 1.165) is 4.88 Å². The summed E-state index contributed by atoms with van der Waals surface area (Å²) in [5, 5.41) is 4.14. The van der Waals surface area contributed by atoms with Crippen LogP contribution in [-0.2, 0) is 22.2 Å². The monoisotopic (exact) mass is 381 g/mol. The molecule has 3 aromatic rings. The Morgan fingerprint density at radius 3 is 2.54 bits per heavy atom. The summed E-state index contributed by atoms with van der Waals surface area (Å²) in [6.45, 7) is 0.354. The van der Waals surface area contributed by atoms with Crippen molar-refractivity contribution < 1.29 is 12.8 Å². The highest BCUT2D eigenvalue weighted by molar-refractivity contribution is 7.88. The van der Waals surface area contributed by atoms with Crippen LogP contribution in [0, 0.1) is 5.82 Å². The van der Waals surface area contributed by atoms with Crippen LogP contribution in [0.2, 0.25) is 0 Å². The second kappa shape index (κ2) is 7.57. The molecule has 0 aliphatic rings. The summed E-state index contributed by atoms with van der Waals surface area (Å²) in [5.41, 5.74) is 1.77. The molecule has 0 spiro atoms. The second-order valence-corrected chi connectivity index (χ2v) is 9.06. The molecule has 2 heterocycles. The van der Waals surface area contributed by atoms with E-state index < -0.39 is 10.0 Å². The lowest BCUT2D eigenvalue weighted by Crippen LogP contribution is -2.27. The molecule has 24 heavy (non-hydrogen) atoms. The molecule has 1 N–H and O–H groups in total. The zero-order valence-corrected chi connectivity index (χ0v) is 15.2. The lowest BCUT2D eigenvalue weighted by molar-refractivity contribution is 0.580. The third-order valence-corrected chi connectivity index (χ3v) is 6.67. The molecular formula is C17H16FNO2S3. The van der Waals surface area contributed by atoms with Gasteiger partial charge in [0.2, 0.25) is 10.0 Å². The highest BCUT2D eigenvalue weighted by Crippen LogP contribution is 2.29. The summed E-state index contributed by atoms with van der Waals surface area (Å²) in [4.78, 5) is 2.33. The summed E-state index contributed by atoms with van der Waals surface area (Å²) in [6, 6.07) is 11.7. The van der Waals surface area contributed by atoms with Gasteiger partial charge in [0, 0.05) is 21.9 Å². The normalized spacial score (nSPS) is 11.7. The molecule has 1 aromatic carbocycles. The zero-order valence-electron chi connectivity index (χ0n) is 12.7. The first-order valence-corrected chi connectivity index (χ1v) is 10.8. The van der Waals surface area contributed by atoms with Crippen LogP contribution in [0.3, 0.4) is 0 Å². The van der Waals surface area contributed by atoms with Gasteiger partial charge in [0.15, 0.2) is 0 Å². The van der Waals surface area contributed by atoms with Crippen LogP contribution in [0.4, 0.5) is 4.39 Å². The van der Waals surface area contributed by atoms with Gasteiger partial charge in [-0.3, -0.25) is 0 Å². The number of halogens is 1. The molecule has 0 amide bonds. The lowest BCUT2D eigenvalue weighted by Gasteiger charge is -2.06. The van der Waals surface area contributed by atoms with E-state index >= 15 is 0 Å². The summed E-state index contributed by atoms with van der Waals surface area (Å²) in [5.74, 6) is -0.513. The van der Waals surface area contributed by atoms with Gasteiger partial charge in [-0.05, 0) is 53.1 Å². The lowest BCUT2D eigenvalue weighted by atomic mass is 10.2. The minimum atomic E-state index is -3.42. The van der Waals surface area contributed by atoms with Crippen molar-refractivity contribution in [3.8, 4) is 10.4 Å². The van der Waals surface area contributed by atoms with Gasteiger partial charge in [0.05, 0.1) is 5.75 Å². The van der Waals surface area contributed by atoms with E-state index in [1.807, 2.05) is 11.4 Å². The van der Waals surface area contributed by atoms with E-state index in [1.54, 1.807) is 22.7 Å². The average Bonchev–Trinajstić information content (AvgIpc) is 3.20. The molecule has 0 fully saturated rings. The van der Waals surface area contributed by atoms with Crippen LogP contribution < -0.4 is 4.72 Å². The third-order valence-electron chi connectivity index (χ3n) is 3.43. The molecule has 0 saturated heterocycles. The summed E-state index contributed by atoms with van der Waals surface area (Å²) in [7, 11) is -3.42. The predicted octanol–water partition coefficient (Wildman–Crippen LogP) is 4.28. The van der Waals surface area contributed by atoms with Crippen molar-refractivity contribution in [1.82, 2.24) is 4.72 Å². The smallest absolute Gasteiger partial charge is 0.215 e. The summed E-state index contributed by atoms with van der Waals surface area (Å²) >= 11 is 3.34. The van der Waals surface area contributed by atoms with E-state index in [0.29, 0.717) is 18.5 Å². The standard InChI is InChI=1S/C17H16FNO2S3/c18-15-3-1-13(2-4-15)12-24(20,21)19-9-7-16-5-6-17(23-16)14-8-10-22-11-14/h1-6,8,10-11,19H,7,9,12H2. The highest BCUT2D eigenvalue weighted by Gasteiger charge is 2.11. The number of benzene rings is 1. The number of thiophene rings is 2. The molecule has 0 aliphatic carbocycles. The Kier molecular flexibility index (Phi) is 5.45. The van der Waals surface area contributed by atoms with Crippen LogP contribution in [0.5, 0.6) is 0 Å². The van der Waals surface area contributed by atoms with Gasteiger partial charge in [0.1, 0.15) is 5.82 Å². The Balaban J connectivity index is 1.53. The number of sulfonamides is 1. The molecule has 0 bridgehead atoms. The Bertz CT molecular complexity index is 884. The molecule has 0 radical (unpaired) electrons. The highest BCUT2D eigenvalue weighted by atomic mass is 32.2. The Morgan fingerprint density at radius 2 is 1.83 bits per heavy atom. The molecule has 126 valence electrons. The molecule has 3 rings (SSSR count). The van der Waals surface area contributed by atoms with E-state index in [9.17, 15) is 12.8 Å². The first kappa shape index (κ1) is 17.3. The molecular weight excluding hydrogens is 365 g/mol. The van der Waals surface area contributed by atoms with Gasteiger partial charge in [0.25, 0.3) is 0 Å². The molecule has 3 nitrogen and oxygen atoms in total. The van der Waals surface area contributed by atoms with Gasteiger partial charge in [-0.2, -0.15) is 11.3 Å². The van der Waals surface area contributed by atoms with Crippen molar-refractivity contribution in [1.29, 1.82) is 0 Å². The van der Waals surface area contributed by atoms with Crippen molar-refractivity contribution >= 4 is 32.7 Å². The van der Waals surface area contributed by atoms with Gasteiger partial charge in [-0.15, -0.1) is 11.3 Å². The van der Waals surface area contributed by atoms with Crippen molar-refractivity contribution in [2.75, 3.05) is 6.54 Å². The van der Waals surface area contributed by atoms with Crippen molar-refractivity contribution in [3.05, 3.63) is 69.5 Å². The van der Waals surface area contributed by atoms with Crippen LogP contribution in [0.25, 0.3) is 10.4 Å². The first-order chi connectivity index (χ1) is 11.5. The van der Waals surface area contributed by atoms with Gasteiger partial charge >= 0.3 is 0 Å². The maximum absolute atomic E-state index is 12.9. The first-order valence-electron chi connectivity index (χ1n) is 7.35. The number of hydrogen-bond donors (Lipinski definition) is 1. The SMILES string of the molecule is O=S(=O)(Cc1ccc(F)cc1)NCCc1ccc(-c2ccsc2)s1. The van der Waals surface area contributed by atoms with Gasteiger partial charge in [-0.1, -0.05) is 12.1 Å². The number of hydrogen-bond acceptors (Lipinski definition) is 4. The zero-order chi connectivity index (χ0) is 17.0. The molecule has 0 saturated carbocycles. The Morgan fingerprint density at radius 1 is 1.04 bits per heavy atom. The van der Waals surface area contributed by atoms with E-state index in [-0.39, 0.29) is 11.6 Å². The maximum atomic E-state index is 12.9. The quantitative estimate of drug-likeness (QED) is 0.664. The summed E-state index contributed by atoms with van der Waals surface area (Å²) in [6.07, 6.45) is 0.650. The average molecular weight is 382 g/mol. The summed E-state index contributed by atoms with van der Waals surface area (Å²) < 4.78 is 39.6. The van der Waals surface area contributed by atoms with E-state index in [1.165, 1.54) is 34.7 Å². The number of nitrogens with one attached hydrogen (secondary N) is 1. The molecule has 0 atom stereocenters. The predicted molar refractivity (Wildman–Crippen MR) is 98.4 cm³/mol. The van der Waals surface area contributed by atoms with Crippen LogP contribution in [0.1, 0.15) is 10.4 Å². The fraction of sp³-hybridized carbons (Fsp3) is 0.176. The minimum absolute atomic E-state index is 0.141. The molecule has 7 heteroatoms. The largest absolute Gasteiger partial charge is 0.215 e. The van der Waals surface area contributed by atoms with Crippen LogP contribution in [0.15, 0.2) is 53.2 Å². The van der Waals surface area contributed by atoms with Crippen molar-refractivity contribution in [2.24, 2.45) is 0 Å². The molecule has 0 unspecified atom stereocenters. The minimum Gasteiger partial charge on any atom is -0.215 e. The molecule has 2 aromatic heterocycles. The van der Waals surface area contributed by atoms with Crippen molar-refractivity contribution in [3.63, 3.8) is 0 Å². The van der Waals surface area contributed by atoms with Crippen LogP contribution >= 0.6 is 22.7 Å². The molecule has 0 aliphatic heterocycles. The third kappa shape index (κ3) is 4.73. The van der Waals surface area contributed by atoms with Crippen molar-refractivity contribution in [2.45, 2.75) is 12.2 Å². The number of rotatable bonds is 7. The second-order valence-electron chi connectivity index (χ2n) is 5.31. The Hall–Kier alpha value is -1.54. The fourth-order valence-electron chi connectivity index (χ4n) is 2.25. The van der Waals surface area contributed by atoms with E-state index in [2.05, 4.69) is 22.2 Å². The van der Waals surface area contributed by atoms with E-state index in [4.69, 9.17) is 0 Å². The maximum Gasteiger partial charge on any atom is 0.215 e.